The lowest BCUT2D eigenvalue weighted by Crippen LogP contribution is -2.43. The molecule has 0 aliphatic carbocycles. The molecular weight excluding hydrogens is 256 g/mol. The van der Waals surface area contributed by atoms with Gasteiger partial charge in [-0.2, -0.15) is 8.42 Å². The molecule has 7 heteroatoms. The van der Waals surface area contributed by atoms with Crippen LogP contribution >= 0.6 is 0 Å². The van der Waals surface area contributed by atoms with Gasteiger partial charge in [0.25, 0.3) is 10.1 Å². The Bertz CT molecular complexity index is 487. The lowest BCUT2D eigenvalue weighted by molar-refractivity contribution is -0.122. The number of rotatable bonds is 6. The molecule has 0 fully saturated rings. The van der Waals surface area contributed by atoms with Gasteiger partial charge in [-0.25, -0.2) is 0 Å². The van der Waals surface area contributed by atoms with E-state index in [0.717, 1.165) is 5.56 Å². The van der Waals surface area contributed by atoms with Crippen LogP contribution in [0.2, 0.25) is 0 Å². The highest BCUT2D eigenvalue weighted by molar-refractivity contribution is 7.85. The average molecular weight is 272 g/mol. The lowest BCUT2D eigenvalue weighted by Gasteiger charge is -2.11. The number of carbonyl (C=O) groups is 1. The maximum absolute atomic E-state index is 11.5. The highest BCUT2D eigenvalue weighted by atomic mass is 32.2. The summed E-state index contributed by atoms with van der Waals surface area (Å²) in [5, 5.41) is 2.36. The van der Waals surface area contributed by atoms with Gasteiger partial charge in [0.2, 0.25) is 5.91 Å². The highest BCUT2D eigenvalue weighted by Gasteiger charge is 2.14. The van der Waals surface area contributed by atoms with Crippen LogP contribution in [0.15, 0.2) is 30.3 Å². The van der Waals surface area contributed by atoms with Gasteiger partial charge in [-0.15, -0.1) is 0 Å². The Morgan fingerprint density at radius 2 is 1.94 bits per heavy atom. The zero-order valence-electron chi connectivity index (χ0n) is 9.74. The summed E-state index contributed by atoms with van der Waals surface area (Å²) in [5.74, 6) is -0.959. The molecule has 1 amide bonds. The first-order chi connectivity index (χ1) is 8.38. The second-order valence-corrected chi connectivity index (χ2v) is 5.45. The molecule has 0 bridgehead atoms. The van der Waals surface area contributed by atoms with Crippen molar-refractivity contribution in [2.75, 3.05) is 12.3 Å². The Morgan fingerprint density at radius 3 is 2.50 bits per heavy atom. The minimum Gasteiger partial charge on any atom is -0.354 e. The fourth-order valence-corrected chi connectivity index (χ4v) is 1.76. The fraction of sp³-hybridized carbons (Fsp3) is 0.364. The van der Waals surface area contributed by atoms with Crippen LogP contribution in [0.3, 0.4) is 0 Å². The van der Waals surface area contributed by atoms with Crippen LogP contribution in [0, 0.1) is 0 Å². The first kappa shape index (κ1) is 14.6. The summed E-state index contributed by atoms with van der Waals surface area (Å²) >= 11 is 0. The number of nitrogens with two attached hydrogens (primary N) is 1. The van der Waals surface area contributed by atoms with Crippen LogP contribution in [0.4, 0.5) is 0 Å². The SMILES string of the molecule is NC(Cc1ccccc1)C(=O)NCCS(=O)(=O)O. The van der Waals surface area contributed by atoms with Gasteiger partial charge in [-0.05, 0) is 12.0 Å². The van der Waals surface area contributed by atoms with E-state index in [1.807, 2.05) is 30.3 Å². The fourth-order valence-electron chi connectivity index (χ4n) is 1.40. The molecule has 1 atom stereocenters. The first-order valence-corrected chi connectivity index (χ1v) is 7.02. The standard InChI is InChI=1S/C11H16N2O4S/c12-10(8-9-4-2-1-3-5-9)11(14)13-6-7-18(15,16)17/h1-5,10H,6-8,12H2,(H,13,14)(H,15,16,17). The first-order valence-electron chi connectivity index (χ1n) is 5.41. The van der Waals surface area contributed by atoms with E-state index in [-0.39, 0.29) is 6.54 Å². The molecule has 18 heavy (non-hydrogen) atoms. The molecule has 1 aromatic carbocycles. The van der Waals surface area contributed by atoms with Gasteiger partial charge >= 0.3 is 0 Å². The maximum Gasteiger partial charge on any atom is 0.266 e. The van der Waals surface area contributed by atoms with Crippen molar-refractivity contribution >= 4 is 16.0 Å². The van der Waals surface area contributed by atoms with Gasteiger partial charge in [-0.3, -0.25) is 9.35 Å². The zero-order chi connectivity index (χ0) is 13.6. The minimum atomic E-state index is -4.06. The van der Waals surface area contributed by atoms with E-state index in [0.29, 0.717) is 6.42 Å². The Labute approximate surface area is 106 Å². The summed E-state index contributed by atoms with van der Waals surface area (Å²) < 4.78 is 29.4. The number of amides is 1. The van der Waals surface area contributed by atoms with Crippen molar-refractivity contribution in [2.45, 2.75) is 12.5 Å². The van der Waals surface area contributed by atoms with Crippen molar-refractivity contribution in [3.63, 3.8) is 0 Å². The zero-order valence-corrected chi connectivity index (χ0v) is 10.6. The molecule has 100 valence electrons. The van der Waals surface area contributed by atoms with Gasteiger partial charge < -0.3 is 11.1 Å². The predicted octanol–water partition coefficient (Wildman–Crippen LogP) is -0.440. The van der Waals surface area contributed by atoms with Crippen LogP contribution in [0.5, 0.6) is 0 Å². The number of hydrogen-bond donors (Lipinski definition) is 3. The number of hydrogen-bond acceptors (Lipinski definition) is 4. The van der Waals surface area contributed by atoms with Crippen molar-refractivity contribution in [3.8, 4) is 0 Å². The monoisotopic (exact) mass is 272 g/mol. The van der Waals surface area contributed by atoms with Crippen LogP contribution in [0.1, 0.15) is 5.56 Å². The molecule has 4 N–H and O–H groups in total. The van der Waals surface area contributed by atoms with Gasteiger partial charge in [0.1, 0.15) is 0 Å². The van der Waals surface area contributed by atoms with Crippen LogP contribution in [0.25, 0.3) is 0 Å². The molecule has 6 nitrogen and oxygen atoms in total. The minimum absolute atomic E-state index is 0.153. The Hall–Kier alpha value is -1.44. The van der Waals surface area contributed by atoms with Gasteiger partial charge in [0, 0.05) is 6.54 Å². The largest absolute Gasteiger partial charge is 0.354 e. The average Bonchev–Trinajstić information content (AvgIpc) is 2.28. The van der Waals surface area contributed by atoms with Crippen LogP contribution < -0.4 is 11.1 Å². The molecule has 0 aromatic heterocycles. The summed E-state index contributed by atoms with van der Waals surface area (Å²) in [7, 11) is -4.06. The summed E-state index contributed by atoms with van der Waals surface area (Å²) in [6, 6.07) is 8.52. The molecule has 1 rings (SSSR count). The highest BCUT2D eigenvalue weighted by Crippen LogP contribution is 2.01. The number of nitrogens with one attached hydrogen (secondary N) is 1. The lowest BCUT2D eigenvalue weighted by atomic mass is 10.1. The van der Waals surface area contributed by atoms with E-state index in [1.54, 1.807) is 0 Å². The molecule has 0 radical (unpaired) electrons. The molecule has 0 saturated carbocycles. The van der Waals surface area contributed by atoms with E-state index in [2.05, 4.69) is 5.32 Å². The van der Waals surface area contributed by atoms with Crippen molar-refractivity contribution in [2.24, 2.45) is 5.73 Å². The van der Waals surface area contributed by atoms with E-state index < -0.39 is 27.8 Å². The molecule has 1 aromatic rings. The summed E-state index contributed by atoms with van der Waals surface area (Å²) in [6.45, 7) is -0.153. The third-order valence-electron chi connectivity index (χ3n) is 2.29. The van der Waals surface area contributed by atoms with Gasteiger partial charge in [0.15, 0.2) is 0 Å². The van der Waals surface area contributed by atoms with E-state index in [9.17, 15) is 13.2 Å². The summed E-state index contributed by atoms with van der Waals surface area (Å²) in [5.41, 5.74) is 6.60. The van der Waals surface area contributed by atoms with E-state index in [4.69, 9.17) is 10.3 Å². The molecule has 0 aliphatic heterocycles. The third-order valence-corrected chi connectivity index (χ3v) is 3.01. The second kappa shape index (κ2) is 6.48. The molecular formula is C11H16N2O4S. The topological polar surface area (TPSA) is 109 Å². The maximum atomic E-state index is 11.5. The summed E-state index contributed by atoms with van der Waals surface area (Å²) in [4.78, 5) is 11.5. The number of carbonyl (C=O) groups excluding carboxylic acids is 1. The van der Waals surface area contributed by atoms with Gasteiger partial charge in [-0.1, -0.05) is 30.3 Å². The second-order valence-electron chi connectivity index (χ2n) is 3.87. The van der Waals surface area contributed by atoms with E-state index in [1.165, 1.54) is 0 Å². The Balaban J connectivity index is 2.38. The quantitative estimate of drug-likeness (QED) is 0.608. The van der Waals surface area contributed by atoms with Crippen LogP contribution in [-0.2, 0) is 21.3 Å². The molecule has 0 spiro atoms. The molecule has 1 unspecified atom stereocenters. The molecule has 0 aliphatic rings. The van der Waals surface area contributed by atoms with Gasteiger partial charge in [0.05, 0.1) is 11.8 Å². The van der Waals surface area contributed by atoms with Crippen molar-refractivity contribution in [3.05, 3.63) is 35.9 Å². The molecule has 0 heterocycles. The predicted molar refractivity (Wildman–Crippen MR) is 67.5 cm³/mol. The smallest absolute Gasteiger partial charge is 0.266 e. The van der Waals surface area contributed by atoms with Crippen molar-refractivity contribution < 1.29 is 17.8 Å². The Kier molecular flexibility index (Phi) is 5.26. The Morgan fingerprint density at radius 1 is 1.33 bits per heavy atom. The third kappa shape index (κ3) is 5.76. The number of benzene rings is 1. The molecule has 0 saturated heterocycles. The van der Waals surface area contributed by atoms with Crippen molar-refractivity contribution in [1.29, 1.82) is 0 Å². The van der Waals surface area contributed by atoms with E-state index >= 15 is 0 Å². The van der Waals surface area contributed by atoms with Crippen LogP contribution in [-0.4, -0.2) is 37.2 Å². The summed E-state index contributed by atoms with van der Waals surface area (Å²) in [6.07, 6.45) is 0.374. The normalized spacial score (nSPS) is 13.0. The van der Waals surface area contributed by atoms with Crippen molar-refractivity contribution in [1.82, 2.24) is 5.32 Å².